The van der Waals surface area contributed by atoms with Crippen LogP contribution in [0.5, 0.6) is 0 Å². The van der Waals surface area contributed by atoms with E-state index in [1.807, 2.05) is 48.5 Å². The maximum absolute atomic E-state index is 5.87. The molecule has 0 aliphatic heterocycles. The van der Waals surface area contributed by atoms with Crippen LogP contribution in [-0.2, 0) is 6.54 Å². The fourth-order valence-corrected chi connectivity index (χ4v) is 2.07. The zero-order valence-electron chi connectivity index (χ0n) is 10.7. The van der Waals surface area contributed by atoms with Crippen molar-refractivity contribution in [3.8, 4) is 11.3 Å². The zero-order valence-corrected chi connectivity index (χ0v) is 11.5. The molecular weight excluding hydrogens is 272 g/mol. The number of oxazole rings is 1. The Balaban J connectivity index is 1.72. The second kappa shape index (κ2) is 5.80. The van der Waals surface area contributed by atoms with Crippen molar-refractivity contribution in [2.45, 2.75) is 6.54 Å². The second-order valence-corrected chi connectivity index (χ2v) is 4.86. The number of hydrogen-bond donors (Lipinski definition) is 1. The number of aromatic nitrogens is 1. The van der Waals surface area contributed by atoms with Gasteiger partial charge in [0.15, 0.2) is 12.2 Å². The van der Waals surface area contributed by atoms with Crippen molar-refractivity contribution in [1.29, 1.82) is 0 Å². The van der Waals surface area contributed by atoms with E-state index < -0.39 is 0 Å². The minimum atomic E-state index is 0.747. The van der Waals surface area contributed by atoms with E-state index >= 15 is 0 Å². The van der Waals surface area contributed by atoms with E-state index in [4.69, 9.17) is 16.0 Å². The van der Waals surface area contributed by atoms with E-state index in [0.717, 1.165) is 28.6 Å². The van der Waals surface area contributed by atoms with Crippen molar-refractivity contribution in [2.75, 3.05) is 5.32 Å². The van der Waals surface area contributed by atoms with Crippen LogP contribution in [0.15, 0.2) is 65.5 Å². The van der Waals surface area contributed by atoms with Crippen LogP contribution in [0.25, 0.3) is 11.3 Å². The molecule has 0 radical (unpaired) electrons. The quantitative estimate of drug-likeness (QED) is 0.760. The van der Waals surface area contributed by atoms with Crippen molar-refractivity contribution < 1.29 is 4.42 Å². The monoisotopic (exact) mass is 284 g/mol. The van der Waals surface area contributed by atoms with Crippen molar-refractivity contribution in [3.05, 3.63) is 71.7 Å². The van der Waals surface area contributed by atoms with Gasteiger partial charge in [-0.25, -0.2) is 4.98 Å². The highest BCUT2D eigenvalue weighted by Crippen LogP contribution is 2.22. The van der Waals surface area contributed by atoms with Gasteiger partial charge in [0.1, 0.15) is 0 Å². The van der Waals surface area contributed by atoms with Gasteiger partial charge in [0.25, 0.3) is 0 Å². The molecule has 0 amide bonds. The molecule has 0 bridgehead atoms. The van der Waals surface area contributed by atoms with Crippen molar-refractivity contribution in [1.82, 2.24) is 4.98 Å². The van der Waals surface area contributed by atoms with E-state index in [-0.39, 0.29) is 0 Å². The fourth-order valence-electron chi connectivity index (χ4n) is 1.95. The Labute approximate surface area is 122 Å². The molecule has 20 heavy (non-hydrogen) atoms. The molecule has 0 saturated carbocycles. The van der Waals surface area contributed by atoms with E-state index in [2.05, 4.69) is 10.3 Å². The molecule has 1 aromatic heterocycles. The first-order valence-corrected chi connectivity index (χ1v) is 6.66. The summed E-state index contributed by atoms with van der Waals surface area (Å²) in [7, 11) is 0. The number of anilines is 1. The van der Waals surface area contributed by atoms with Gasteiger partial charge >= 0.3 is 0 Å². The van der Waals surface area contributed by atoms with Gasteiger partial charge in [0.05, 0.1) is 6.20 Å². The van der Waals surface area contributed by atoms with Gasteiger partial charge in [-0.05, 0) is 29.8 Å². The molecule has 3 rings (SSSR count). The van der Waals surface area contributed by atoms with Gasteiger partial charge in [-0.15, -0.1) is 0 Å². The van der Waals surface area contributed by atoms with Gasteiger partial charge < -0.3 is 9.73 Å². The largest absolute Gasteiger partial charge is 0.444 e. The molecule has 4 heteroatoms. The molecule has 0 aliphatic carbocycles. The topological polar surface area (TPSA) is 38.1 Å². The highest BCUT2D eigenvalue weighted by molar-refractivity contribution is 6.30. The number of nitrogens with one attached hydrogen (secondary N) is 1. The molecule has 0 unspecified atom stereocenters. The summed E-state index contributed by atoms with van der Waals surface area (Å²) in [5, 5.41) is 4.13. The lowest BCUT2D eigenvalue weighted by Crippen LogP contribution is -1.99. The molecule has 1 heterocycles. The van der Waals surface area contributed by atoms with Crippen molar-refractivity contribution in [3.63, 3.8) is 0 Å². The first-order valence-electron chi connectivity index (χ1n) is 6.28. The maximum atomic E-state index is 5.87. The van der Waals surface area contributed by atoms with Crippen LogP contribution in [0, 0.1) is 0 Å². The summed E-state index contributed by atoms with van der Waals surface area (Å²) < 4.78 is 5.30. The van der Waals surface area contributed by atoms with E-state index in [1.165, 1.54) is 12.0 Å². The lowest BCUT2D eigenvalue weighted by Gasteiger charge is -2.07. The Kier molecular flexibility index (Phi) is 3.70. The molecule has 0 fully saturated rings. The molecule has 0 saturated heterocycles. The third-order valence-corrected chi connectivity index (χ3v) is 3.24. The first kappa shape index (κ1) is 12.8. The third-order valence-electron chi connectivity index (χ3n) is 2.99. The third kappa shape index (κ3) is 3.00. The van der Waals surface area contributed by atoms with Crippen LogP contribution >= 0.6 is 11.6 Å². The van der Waals surface area contributed by atoms with E-state index in [9.17, 15) is 0 Å². The SMILES string of the molecule is Clc1ccc(CNc2cccc(-c3cnco3)c2)cc1. The Morgan fingerprint density at radius 3 is 2.70 bits per heavy atom. The average Bonchev–Trinajstić information content (AvgIpc) is 3.01. The molecule has 3 aromatic rings. The normalized spacial score (nSPS) is 10.4. The summed E-state index contributed by atoms with van der Waals surface area (Å²) in [5.74, 6) is 0.764. The van der Waals surface area contributed by atoms with Crippen LogP contribution in [0.4, 0.5) is 5.69 Å². The molecule has 100 valence electrons. The molecule has 0 spiro atoms. The molecule has 1 N–H and O–H groups in total. The van der Waals surface area contributed by atoms with Crippen molar-refractivity contribution in [2.24, 2.45) is 0 Å². The van der Waals surface area contributed by atoms with Crippen LogP contribution in [0.1, 0.15) is 5.56 Å². The summed E-state index contributed by atoms with van der Waals surface area (Å²) in [6.07, 6.45) is 3.14. The molecular formula is C16H13ClN2O. The van der Waals surface area contributed by atoms with Gasteiger partial charge in [-0.1, -0.05) is 35.9 Å². The van der Waals surface area contributed by atoms with Gasteiger partial charge in [0.2, 0.25) is 0 Å². The highest BCUT2D eigenvalue weighted by Gasteiger charge is 2.02. The first-order chi connectivity index (χ1) is 9.81. The summed E-state index contributed by atoms with van der Waals surface area (Å²) in [5.41, 5.74) is 3.22. The number of hydrogen-bond acceptors (Lipinski definition) is 3. The fraction of sp³-hybridized carbons (Fsp3) is 0.0625. The molecule has 0 aliphatic rings. The number of rotatable bonds is 4. The van der Waals surface area contributed by atoms with Crippen molar-refractivity contribution >= 4 is 17.3 Å². The standard InChI is InChI=1S/C16H13ClN2O/c17-14-6-4-12(5-7-14)9-19-15-3-1-2-13(8-15)16-10-18-11-20-16/h1-8,10-11,19H,9H2. The smallest absolute Gasteiger partial charge is 0.181 e. The van der Waals surface area contributed by atoms with Crippen LogP contribution < -0.4 is 5.32 Å². The number of halogens is 1. The minimum Gasteiger partial charge on any atom is -0.444 e. The summed E-state index contributed by atoms with van der Waals surface area (Å²) >= 11 is 5.87. The summed E-state index contributed by atoms with van der Waals surface area (Å²) in [6, 6.07) is 15.8. The summed E-state index contributed by atoms with van der Waals surface area (Å²) in [4.78, 5) is 3.93. The predicted molar refractivity (Wildman–Crippen MR) is 80.7 cm³/mol. The zero-order chi connectivity index (χ0) is 13.8. The minimum absolute atomic E-state index is 0.747. The summed E-state index contributed by atoms with van der Waals surface area (Å²) in [6.45, 7) is 0.747. The lowest BCUT2D eigenvalue weighted by molar-refractivity contribution is 0.572. The Morgan fingerprint density at radius 2 is 1.95 bits per heavy atom. The average molecular weight is 285 g/mol. The van der Waals surface area contributed by atoms with Gasteiger partial charge in [-0.2, -0.15) is 0 Å². The van der Waals surface area contributed by atoms with Crippen LogP contribution in [-0.4, -0.2) is 4.98 Å². The van der Waals surface area contributed by atoms with Crippen LogP contribution in [0.2, 0.25) is 5.02 Å². The Hall–Kier alpha value is -2.26. The number of nitrogens with zero attached hydrogens (tertiary/aromatic N) is 1. The van der Waals surface area contributed by atoms with Gasteiger partial charge in [0, 0.05) is 22.8 Å². The second-order valence-electron chi connectivity index (χ2n) is 4.43. The van der Waals surface area contributed by atoms with E-state index in [0.29, 0.717) is 0 Å². The molecule has 2 aromatic carbocycles. The van der Waals surface area contributed by atoms with Crippen LogP contribution in [0.3, 0.4) is 0 Å². The molecule has 3 nitrogen and oxygen atoms in total. The van der Waals surface area contributed by atoms with Gasteiger partial charge in [-0.3, -0.25) is 0 Å². The lowest BCUT2D eigenvalue weighted by atomic mass is 10.1. The molecule has 0 atom stereocenters. The Morgan fingerprint density at radius 1 is 1.10 bits per heavy atom. The van der Waals surface area contributed by atoms with E-state index in [1.54, 1.807) is 6.20 Å². The predicted octanol–water partition coefficient (Wildman–Crippen LogP) is 4.61. The maximum Gasteiger partial charge on any atom is 0.181 e. The highest BCUT2D eigenvalue weighted by atomic mass is 35.5. The Bertz CT molecular complexity index is 678. The number of benzene rings is 2.